The molecule has 136 valence electrons. The molecule has 1 aromatic rings. The van der Waals surface area contributed by atoms with Crippen molar-refractivity contribution in [3.05, 3.63) is 35.1 Å². The van der Waals surface area contributed by atoms with Gasteiger partial charge in [0.25, 0.3) is 0 Å². The lowest BCUT2D eigenvalue weighted by Gasteiger charge is -2.52. The largest absolute Gasteiger partial charge is 0.396 e. The Morgan fingerprint density at radius 2 is 1.71 bits per heavy atom. The fraction of sp³-hybridized carbons (Fsp3) is 0.647. The summed E-state index contributed by atoms with van der Waals surface area (Å²) in [7, 11) is 1.90. The van der Waals surface area contributed by atoms with Crippen LogP contribution in [0.5, 0.6) is 0 Å². The molecule has 0 radical (unpaired) electrons. The summed E-state index contributed by atoms with van der Waals surface area (Å²) in [6.07, 6.45) is 2.74. The molecule has 0 saturated carbocycles. The van der Waals surface area contributed by atoms with Gasteiger partial charge in [0.1, 0.15) is 11.0 Å². The number of benzene rings is 1. The van der Waals surface area contributed by atoms with Crippen molar-refractivity contribution >= 4 is 8.56 Å². The summed E-state index contributed by atoms with van der Waals surface area (Å²) in [5.41, 5.74) is 0.134. The van der Waals surface area contributed by atoms with E-state index >= 15 is 0 Å². The molecule has 2 unspecified atom stereocenters. The lowest BCUT2D eigenvalue weighted by atomic mass is 9.85. The number of hydrogen-bond acceptors (Lipinski definition) is 3. The highest BCUT2D eigenvalue weighted by atomic mass is 28.4. The van der Waals surface area contributed by atoms with E-state index in [-0.39, 0.29) is 5.56 Å². The third-order valence-electron chi connectivity index (χ3n) is 5.27. The highest BCUT2D eigenvalue weighted by Gasteiger charge is 2.63. The summed E-state index contributed by atoms with van der Waals surface area (Å²) >= 11 is 0. The van der Waals surface area contributed by atoms with E-state index in [4.69, 9.17) is 13.6 Å². The zero-order chi connectivity index (χ0) is 18.0. The smallest absolute Gasteiger partial charge is 0.371 e. The average molecular weight is 362 g/mol. The molecule has 2 rings (SSSR count). The van der Waals surface area contributed by atoms with Crippen molar-refractivity contribution in [3.8, 4) is 0 Å². The van der Waals surface area contributed by atoms with Gasteiger partial charge in [-0.2, -0.15) is 0 Å². The number of methoxy groups -OCH3 is 1. The van der Waals surface area contributed by atoms with Gasteiger partial charge in [-0.1, -0.05) is 19.8 Å². The summed E-state index contributed by atoms with van der Waals surface area (Å²) in [6.45, 7) is 2.00. The van der Waals surface area contributed by atoms with Crippen molar-refractivity contribution in [2.24, 2.45) is 0 Å². The molecule has 0 bridgehead atoms. The van der Waals surface area contributed by atoms with Gasteiger partial charge in [0, 0.05) is 33.3 Å². The molecule has 3 nitrogen and oxygen atoms in total. The summed E-state index contributed by atoms with van der Waals surface area (Å²) in [5, 5.41) is -0.853. The Bertz CT molecular complexity index is 580. The summed E-state index contributed by atoms with van der Waals surface area (Å²) in [6, 6.07) is 2.28. The Balaban J connectivity index is 2.64. The van der Waals surface area contributed by atoms with Gasteiger partial charge < -0.3 is 13.6 Å². The average Bonchev–Trinajstić information content (AvgIpc) is 2.58. The van der Waals surface area contributed by atoms with Crippen LogP contribution in [0.25, 0.3) is 0 Å². The molecule has 7 heteroatoms. The van der Waals surface area contributed by atoms with Gasteiger partial charge in [-0.3, -0.25) is 0 Å². The molecule has 0 aromatic heterocycles. The quantitative estimate of drug-likeness (QED) is 0.553. The molecule has 0 N–H and O–H groups in total. The van der Waals surface area contributed by atoms with Gasteiger partial charge in [0.2, 0.25) is 0 Å². The van der Waals surface area contributed by atoms with Crippen LogP contribution in [0.1, 0.15) is 44.1 Å². The van der Waals surface area contributed by atoms with E-state index in [9.17, 15) is 13.2 Å². The van der Waals surface area contributed by atoms with Crippen molar-refractivity contribution in [2.75, 3.05) is 21.3 Å². The number of hydrogen-bond donors (Lipinski definition) is 0. The molecule has 1 aromatic carbocycles. The van der Waals surface area contributed by atoms with E-state index in [0.29, 0.717) is 18.9 Å². The highest BCUT2D eigenvalue weighted by Crippen LogP contribution is 2.51. The van der Waals surface area contributed by atoms with Crippen LogP contribution in [-0.4, -0.2) is 35.1 Å². The second-order valence-electron chi connectivity index (χ2n) is 6.24. The van der Waals surface area contributed by atoms with Gasteiger partial charge >= 0.3 is 8.56 Å². The fourth-order valence-electron chi connectivity index (χ4n) is 4.23. The van der Waals surface area contributed by atoms with Crippen molar-refractivity contribution in [2.45, 2.75) is 49.8 Å². The van der Waals surface area contributed by atoms with Gasteiger partial charge in [-0.15, -0.1) is 0 Å². The van der Waals surface area contributed by atoms with E-state index in [2.05, 4.69) is 0 Å². The minimum atomic E-state index is -2.84. The first-order valence-electron chi connectivity index (χ1n) is 8.21. The molecule has 0 aliphatic carbocycles. The van der Waals surface area contributed by atoms with Crippen molar-refractivity contribution in [1.29, 1.82) is 0 Å². The first-order chi connectivity index (χ1) is 11.4. The van der Waals surface area contributed by atoms with Gasteiger partial charge in [0.15, 0.2) is 11.6 Å². The molecule has 24 heavy (non-hydrogen) atoms. The number of halogens is 3. The number of ether oxygens (including phenoxy) is 1. The first kappa shape index (κ1) is 19.4. The maximum atomic E-state index is 14.5. The molecular formula is C17H25F3O3Si. The van der Waals surface area contributed by atoms with Crippen LogP contribution >= 0.6 is 0 Å². The van der Waals surface area contributed by atoms with Crippen molar-refractivity contribution in [1.82, 2.24) is 0 Å². The van der Waals surface area contributed by atoms with Crippen LogP contribution in [0.2, 0.25) is 6.04 Å². The molecule has 0 amide bonds. The van der Waals surface area contributed by atoms with Crippen LogP contribution in [0.3, 0.4) is 0 Å². The Morgan fingerprint density at radius 1 is 1.08 bits per heavy atom. The van der Waals surface area contributed by atoms with Gasteiger partial charge in [0.05, 0.1) is 0 Å². The lowest BCUT2D eigenvalue weighted by molar-refractivity contribution is -0.0310. The monoisotopic (exact) mass is 362 g/mol. The molecule has 2 atom stereocenters. The predicted octanol–water partition coefficient (Wildman–Crippen LogP) is 4.44. The van der Waals surface area contributed by atoms with Crippen molar-refractivity contribution < 1.29 is 26.8 Å². The maximum absolute atomic E-state index is 14.5. The predicted molar refractivity (Wildman–Crippen MR) is 87.5 cm³/mol. The SMILES string of the molecule is CCCC1(OC)C(c2cc(F)c(F)cc2F)CCC[Si]1(OC)OC. The zero-order valence-electron chi connectivity index (χ0n) is 14.6. The molecular weight excluding hydrogens is 337 g/mol. The summed E-state index contributed by atoms with van der Waals surface area (Å²) in [5.74, 6) is -3.44. The Labute approximate surface area is 142 Å². The van der Waals surface area contributed by atoms with E-state index in [1.54, 1.807) is 21.3 Å². The molecule has 1 heterocycles. The van der Waals surface area contributed by atoms with Crippen LogP contribution in [0.15, 0.2) is 12.1 Å². The van der Waals surface area contributed by atoms with Gasteiger partial charge in [-0.05, 0) is 30.5 Å². The fourth-order valence-corrected chi connectivity index (χ4v) is 8.36. The van der Waals surface area contributed by atoms with Crippen molar-refractivity contribution in [3.63, 3.8) is 0 Å². The normalized spacial score (nSPS) is 26.5. The first-order valence-corrected chi connectivity index (χ1v) is 10.2. The topological polar surface area (TPSA) is 27.7 Å². The van der Waals surface area contributed by atoms with Crippen LogP contribution in [-0.2, 0) is 13.6 Å². The van der Waals surface area contributed by atoms with E-state index in [1.807, 2.05) is 6.92 Å². The van der Waals surface area contributed by atoms with Crippen LogP contribution < -0.4 is 0 Å². The zero-order valence-corrected chi connectivity index (χ0v) is 15.6. The van der Waals surface area contributed by atoms with E-state index in [0.717, 1.165) is 25.0 Å². The highest BCUT2D eigenvalue weighted by molar-refractivity contribution is 6.71. The molecule has 0 spiro atoms. The minimum absolute atomic E-state index is 0.134. The molecule has 1 saturated heterocycles. The minimum Gasteiger partial charge on any atom is -0.396 e. The third-order valence-corrected chi connectivity index (χ3v) is 9.69. The standard InChI is InChI=1S/C17H25F3O3Si/c1-5-8-17(21-2)13(7-6-9-24(17,22-3)23-4)12-10-15(19)16(20)11-14(12)18/h10-11,13H,5-9H2,1-4H3. The lowest BCUT2D eigenvalue weighted by Crippen LogP contribution is -2.67. The molecule has 1 fully saturated rings. The maximum Gasteiger partial charge on any atom is 0.371 e. The van der Waals surface area contributed by atoms with E-state index in [1.165, 1.54) is 0 Å². The third kappa shape index (κ3) is 2.91. The second-order valence-corrected chi connectivity index (χ2v) is 9.91. The Morgan fingerprint density at radius 3 is 2.25 bits per heavy atom. The number of rotatable bonds is 6. The van der Waals surface area contributed by atoms with Crippen LogP contribution in [0, 0.1) is 17.5 Å². The molecule has 1 aliphatic heterocycles. The Kier molecular flexibility index (Phi) is 6.12. The Hall–Kier alpha value is -0.893. The second kappa shape index (κ2) is 7.55. The summed E-state index contributed by atoms with van der Waals surface area (Å²) in [4.78, 5) is 0. The molecule has 1 aliphatic rings. The summed E-state index contributed by atoms with van der Waals surface area (Å²) < 4.78 is 59.2. The van der Waals surface area contributed by atoms with E-state index < -0.39 is 37.2 Å². The van der Waals surface area contributed by atoms with Crippen LogP contribution in [0.4, 0.5) is 13.2 Å². The van der Waals surface area contributed by atoms with Gasteiger partial charge in [-0.25, -0.2) is 13.2 Å².